The number of carbonyl (C=O) groups excluding carboxylic acids is 2. The van der Waals surface area contributed by atoms with Crippen molar-refractivity contribution in [1.82, 2.24) is 4.90 Å². The third-order valence-corrected chi connectivity index (χ3v) is 8.71. The van der Waals surface area contributed by atoms with Gasteiger partial charge in [0.1, 0.15) is 5.75 Å². The SMILES string of the molecule is CC[C@H]1CN2CC[C@]3(C(=O)N(Cc4ccc(OC)cc4)c4ccccc43)[C@@H]2C[C@@H]1/C(=C\OC)C(=O)OC. The molecule has 3 aliphatic rings. The molecule has 2 saturated heterocycles. The lowest BCUT2D eigenvalue weighted by atomic mass is 9.67. The summed E-state index contributed by atoms with van der Waals surface area (Å²) in [5.74, 6) is 0.841. The van der Waals surface area contributed by atoms with E-state index in [9.17, 15) is 9.59 Å². The van der Waals surface area contributed by atoms with Gasteiger partial charge in [0.2, 0.25) is 5.91 Å². The first kappa shape index (κ1) is 25.3. The number of fused-ring (bicyclic) bond motifs is 4. The Hall–Kier alpha value is -3.32. The van der Waals surface area contributed by atoms with E-state index in [0.29, 0.717) is 18.5 Å². The number of ether oxygens (including phenoxy) is 3. The molecule has 0 unspecified atom stereocenters. The van der Waals surface area contributed by atoms with Crippen LogP contribution in [0, 0.1) is 11.8 Å². The highest BCUT2D eigenvalue weighted by atomic mass is 16.5. The van der Waals surface area contributed by atoms with Gasteiger partial charge in [0.15, 0.2) is 0 Å². The molecule has 0 radical (unpaired) electrons. The Kier molecular flexibility index (Phi) is 6.99. The summed E-state index contributed by atoms with van der Waals surface area (Å²) in [4.78, 5) is 31.7. The van der Waals surface area contributed by atoms with Crippen molar-refractivity contribution in [3.63, 3.8) is 0 Å². The smallest absolute Gasteiger partial charge is 0.337 e. The summed E-state index contributed by atoms with van der Waals surface area (Å²) in [5, 5.41) is 0. The van der Waals surface area contributed by atoms with Crippen molar-refractivity contribution in [1.29, 1.82) is 0 Å². The fourth-order valence-corrected chi connectivity index (χ4v) is 6.90. The second kappa shape index (κ2) is 10.2. The minimum atomic E-state index is -0.631. The molecule has 1 spiro atoms. The summed E-state index contributed by atoms with van der Waals surface area (Å²) in [7, 11) is 4.62. The van der Waals surface area contributed by atoms with E-state index in [-0.39, 0.29) is 29.8 Å². The zero-order valence-corrected chi connectivity index (χ0v) is 22.1. The third-order valence-electron chi connectivity index (χ3n) is 8.71. The number of methoxy groups -OCH3 is 3. The molecule has 0 aliphatic carbocycles. The molecule has 37 heavy (non-hydrogen) atoms. The van der Waals surface area contributed by atoms with Gasteiger partial charge in [-0.2, -0.15) is 0 Å². The van der Waals surface area contributed by atoms with Gasteiger partial charge in [-0.1, -0.05) is 43.7 Å². The van der Waals surface area contributed by atoms with Gasteiger partial charge >= 0.3 is 5.97 Å². The van der Waals surface area contributed by atoms with Crippen LogP contribution in [-0.4, -0.2) is 57.2 Å². The molecule has 5 rings (SSSR count). The molecule has 2 aromatic carbocycles. The number of rotatable bonds is 7. The minimum absolute atomic E-state index is 0.000250. The molecule has 7 heteroatoms. The zero-order chi connectivity index (χ0) is 26.2. The summed E-state index contributed by atoms with van der Waals surface area (Å²) in [6, 6.07) is 16.1. The molecule has 7 nitrogen and oxygen atoms in total. The molecule has 3 aliphatic heterocycles. The summed E-state index contributed by atoms with van der Waals surface area (Å²) >= 11 is 0. The van der Waals surface area contributed by atoms with Crippen LogP contribution in [0.25, 0.3) is 0 Å². The standard InChI is InChI=1S/C30H36N2O5/c1-5-21-18-31-15-14-30(27(31)16-23(21)24(19-35-2)28(33)37-4)25-8-6-7-9-26(25)32(29(30)34)17-20-10-12-22(36-3)13-11-20/h6-13,19,21,23,27H,5,14-18H2,1-4H3/b24-19+/t21-,23-,27-,30+/m0/s1. The average molecular weight is 505 g/mol. The van der Waals surface area contributed by atoms with Crippen molar-refractivity contribution in [3.05, 3.63) is 71.5 Å². The molecular formula is C30H36N2O5. The van der Waals surface area contributed by atoms with E-state index < -0.39 is 5.41 Å². The van der Waals surface area contributed by atoms with E-state index >= 15 is 0 Å². The molecule has 3 heterocycles. The lowest BCUT2D eigenvalue weighted by Crippen LogP contribution is -2.54. The third kappa shape index (κ3) is 4.09. The Bertz CT molecular complexity index is 1190. The number of esters is 1. The van der Waals surface area contributed by atoms with Crippen LogP contribution in [0.15, 0.2) is 60.4 Å². The Morgan fingerprint density at radius 2 is 1.86 bits per heavy atom. The molecule has 2 fully saturated rings. The highest BCUT2D eigenvalue weighted by molar-refractivity contribution is 6.09. The maximum atomic E-state index is 14.5. The van der Waals surface area contributed by atoms with Crippen LogP contribution < -0.4 is 9.64 Å². The van der Waals surface area contributed by atoms with Crippen LogP contribution >= 0.6 is 0 Å². The molecular weight excluding hydrogens is 468 g/mol. The predicted molar refractivity (Wildman–Crippen MR) is 141 cm³/mol. The van der Waals surface area contributed by atoms with Crippen LogP contribution in [-0.2, 0) is 31.0 Å². The number of hydrogen-bond acceptors (Lipinski definition) is 6. The van der Waals surface area contributed by atoms with Gasteiger partial charge < -0.3 is 19.1 Å². The first-order chi connectivity index (χ1) is 18.0. The second-order valence-corrected chi connectivity index (χ2v) is 10.3. The van der Waals surface area contributed by atoms with Crippen molar-refractivity contribution < 1.29 is 23.8 Å². The minimum Gasteiger partial charge on any atom is -0.504 e. The van der Waals surface area contributed by atoms with Gasteiger partial charge in [0.05, 0.1) is 45.1 Å². The molecule has 2 aromatic rings. The number of anilines is 1. The van der Waals surface area contributed by atoms with E-state index in [1.165, 1.54) is 13.4 Å². The first-order valence-corrected chi connectivity index (χ1v) is 13.1. The lowest BCUT2D eigenvalue weighted by Gasteiger charge is -2.45. The summed E-state index contributed by atoms with van der Waals surface area (Å²) in [6.45, 7) is 4.38. The molecule has 4 atom stereocenters. The van der Waals surface area contributed by atoms with Gasteiger partial charge in [0, 0.05) is 18.3 Å². The topological polar surface area (TPSA) is 68.3 Å². The van der Waals surface area contributed by atoms with Crippen LogP contribution in [0.2, 0.25) is 0 Å². The van der Waals surface area contributed by atoms with E-state index in [1.54, 1.807) is 14.2 Å². The molecule has 0 saturated carbocycles. The maximum Gasteiger partial charge on any atom is 0.337 e. The van der Waals surface area contributed by atoms with E-state index in [0.717, 1.165) is 48.5 Å². The van der Waals surface area contributed by atoms with Crippen molar-refractivity contribution in [2.45, 2.75) is 44.2 Å². The maximum absolute atomic E-state index is 14.5. The van der Waals surface area contributed by atoms with Crippen LogP contribution in [0.5, 0.6) is 5.75 Å². The Morgan fingerprint density at radius 3 is 2.54 bits per heavy atom. The molecule has 196 valence electrons. The van der Waals surface area contributed by atoms with E-state index in [2.05, 4.69) is 24.0 Å². The van der Waals surface area contributed by atoms with Gasteiger partial charge in [-0.25, -0.2) is 4.79 Å². The number of amides is 1. The Morgan fingerprint density at radius 1 is 1.11 bits per heavy atom. The first-order valence-electron chi connectivity index (χ1n) is 13.1. The van der Waals surface area contributed by atoms with E-state index in [4.69, 9.17) is 14.2 Å². The largest absolute Gasteiger partial charge is 0.504 e. The number of para-hydroxylation sites is 1. The van der Waals surface area contributed by atoms with Gasteiger partial charge in [-0.15, -0.1) is 0 Å². The number of hydrogen-bond donors (Lipinski definition) is 0. The van der Waals surface area contributed by atoms with Gasteiger partial charge in [-0.3, -0.25) is 9.69 Å². The monoisotopic (exact) mass is 504 g/mol. The normalized spacial score (nSPS) is 27.2. The fraction of sp³-hybridized carbons (Fsp3) is 0.467. The highest BCUT2D eigenvalue weighted by Gasteiger charge is 2.62. The zero-order valence-electron chi connectivity index (χ0n) is 22.1. The van der Waals surface area contributed by atoms with Crippen LogP contribution in [0.1, 0.15) is 37.3 Å². The van der Waals surface area contributed by atoms with Crippen molar-refractivity contribution in [2.24, 2.45) is 11.8 Å². The number of benzene rings is 2. The Balaban J connectivity index is 1.52. The predicted octanol–water partition coefficient (Wildman–Crippen LogP) is 4.30. The number of carbonyl (C=O) groups is 2. The molecule has 0 bridgehead atoms. The number of nitrogens with zero attached hydrogens (tertiary/aromatic N) is 2. The second-order valence-electron chi connectivity index (χ2n) is 10.3. The van der Waals surface area contributed by atoms with Crippen LogP contribution in [0.3, 0.4) is 0 Å². The van der Waals surface area contributed by atoms with Crippen LogP contribution in [0.4, 0.5) is 5.69 Å². The van der Waals surface area contributed by atoms with Crippen molar-refractivity contribution >= 4 is 17.6 Å². The van der Waals surface area contributed by atoms with Gasteiger partial charge in [-0.05, 0) is 60.5 Å². The average Bonchev–Trinajstić information content (AvgIpc) is 3.43. The highest BCUT2D eigenvalue weighted by Crippen LogP contribution is 2.55. The number of piperidine rings is 1. The molecule has 1 amide bonds. The quantitative estimate of drug-likeness (QED) is 0.318. The molecule has 0 N–H and O–H groups in total. The Labute approximate surface area is 219 Å². The lowest BCUT2D eigenvalue weighted by molar-refractivity contribution is -0.137. The summed E-state index contributed by atoms with van der Waals surface area (Å²) in [6.07, 6.45) is 3.96. The molecule has 0 aromatic heterocycles. The van der Waals surface area contributed by atoms with Gasteiger partial charge in [0.25, 0.3) is 0 Å². The fourth-order valence-electron chi connectivity index (χ4n) is 6.90. The van der Waals surface area contributed by atoms with E-state index in [1.807, 2.05) is 41.3 Å². The summed E-state index contributed by atoms with van der Waals surface area (Å²) < 4.78 is 15.8. The summed E-state index contributed by atoms with van der Waals surface area (Å²) in [5.41, 5.74) is 3.07. The van der Waals surface area contributed by atoms with Crippen molar-refractivity contribution in [3.8, 4) is 5.75 Å². The van der Waals surface area contributed by atoms with Crippen molar-refractivity contribution in [2.75, 3.05) is 39.3 Å².